The summed E-state index contributed by atoms with van der Waals surface area (Å²) in [5.41, 5.74) is 0. The highest BCUT2D eigenvalue weighted by Crippen LogP contribution is 2.23. The van der Waals surface area contributed by atoms with Crippen molar-refractivity contribution in [1.82, 2.24) is 0 Å². The molecular formula is C10H14O3S. The smallest absolute Gasteiger partial charge is 0.326 e. The monoisotopic (exact) mass is 214 g/mol. The second kappa shape index (κ2) is 5.10. The largest absolute Gasteiger partial charge is 0.465 e. The van der Waals surface area contributed by atoms with Gasteiger partial charge in [-0.3, -0.25) is 4.79 Å². The zero-order chi connectivity index (χ0) is 10.6. The van der Waals surface area contributed by atoms with Crippen molar-refractivity contribution >= 4 is 18.6 Å². The number of thiol groups is 1. The standard InChI is InChI=1S/C10H14O3S/c1-3-7-5-6-8(13-7)9(14)10(11)12-4-2/h5-6,9,14H,3-4H2,1-2H3. The highest BCUT2D eigenvalue weighted by molar-refractivity contribution is 7.81. The molecule has 1 heterocycles. The third-order valence-corrected chi connectivity index (χ3v) is 2.28. The minimum Gasteiger partial charge on any atom is -0.465 e. The second-order valence-electron chi connectivity index (χ2n) is 2.81. The van der Waals surface area contributed by atoms with Crippen molar-refractivity contribution in [1.29, 1.82) is 0 Å². The molecule has 0 N–H and O–H groups in total. The van der Waals surface area contributed by atoms with Crippen molar-refractivity contribution in [3.63, 3.8) is 0 Å². The van der Waals surface area contributed by atoms with E-state index in [4.69, 9.17) is 9.15 Å². The Hall–Kier alpha value is -0.900. The van der Waals surface area contributed by atoms with Gasteiger partial charge in [0.25, 0.3) is 0 Å². The summed E-state index contributed by atoms with van der Waals surface area (Å²) in [7, 11) is 0. The average Bonchev–Trinajstić information content (AvgIpc) is 2.65. The minimum absolute atomic E-state index is 0.358. The zero-order valence-electron chi connectivity index (χ0n) is 8.32. The number of furan rings is 1. The fourth-order valence-corrected chi connectivity index (χ4v) is 1.28. The van der Waals surface area contributed by atoms with Crippen molar-refractivity contribution in [2.75, 3.05) is 6.61 Å². The highest BCUT2D eigenvalue weighted by atomic mass is 32.1. The number of hydrogen-bond donors (Lipinski definition) is 1. The van der Waals surface area contributed by atoms with E-state index in [9.17, 15) is 4.79 Å². The maximum atomic E-state index is 11.3. The molecule has 0 aliphatic heterocycles. The molecule has 0 aliphatic carbocycles. The maximum Gasteiger partial charge on any atom is 0.326 e. The van der Waals surface area contributed by atoms with E-state index in [-0.39, 0.29) is 5.97 Å². The van der Waals surface area contributed by atoms with Gasteiger partial charge in [0.15, 0.2) is 5.25 Å². The molecule has 0 saturated heterocycles. The average molecular weight is 214 g/mol. The van der Waals surface area contributed by atoms with Gasteiger partial charge in [0.1, 0.15) is 11.5 Å². The fourth-order valence-electron chi connectivity index (χ4n) is 1.07. The molecule has 1 rings (SSSR count). The van der Waals surface area contributed by atoms with Crippen LogP contribution in [0.25, 0.3) is 0 Å². The third-order valence-electron chi connectivity index (χ3n) is 1.81. The van der Waals surface area contributed by atoms with Crippen LogP contribution in [0.3, 0.4) is 0 Å². The van der Waals surface area contributed by atoms with Gasteiger partial charge in [-0.25, -0.2) is 0 Å². The summed E-state index contributed by atoms with van der Waals surface area (Å²) in [5.74, 6) is 1.03. The summed E-state index contributed by atoms with van der Waals surface area (Å²) >= 11 is 4.13. The first-order valence-electron chi connectivity index (χ1n) is 4.62. The molecule has 0 aromatic carbocycles. The molecule has 0 bridgehead atoms. The van der Waals surface area contributed by atoms with Gasteiger partial charge in [-0.05, 0) is 19.1 Å². The number of ether oxygens (including phenoxy) is 1. The zero-order valence-corrected chi connectivity index (χ0v) is 9.21. The summed E-state index contributed by atoms with van der Waals surface area (Å²) < 4.78 is 10.2. The first-order valence-corrected chi connectivity index (χ1v) is 5.14. The molecule has 1 unspecified atom stereocenters. The number of hydrogen-bond acceptors (Lipinski definition) is 4. The fraction of sp³-hybridized carbons (Fsp3) is 0.500. The maximum absolute atomic E-state index is 11.3. The Labute approximate surface area is 88.8 Å². The SMILES string of the molecule is CCOC(=O)C(S)c1ccc(CC)o1. The topological polar surface area (TPSA) is 39.4 Å². The van der Waals surface area contributed by atoms with E-state index in [1.165, 1.54) is 0 Å². The predicted octanol–water partition coefficient (Wildman–Crippen LogP) is 2.38. The van der Waals surface area contributed by atoms with E-state index >= 15 is 0 Å². The van der Waals surface area contributed by atoms with Crippen molar-refractivity contribution in [2.45, 2.75) is 25.5 Å². The molecule has 1 atom stereocenters. The van der Waals surface area contributed by atoms with Crippen LogP contribution in [0.4, 0.5) is 0 Å². The van der Waals surface area contributed by atoms with Crippen LogP contribution >= 0.6 is 12.6 Å². The molecule has 14 heavy (non-hydrogen) atoms. The van der Waals surface area contributed by atoms with E-state index in [0.29, 0.717) is 12.4 Å². The number of rotatable bonds is 4. The van der Waals surface area contributed by atoms with Gasteiger partial charge >= 0.3 is 5.97 Å². The van der Waals surface area contributed by atoms with Crippen LogP contribution in [0.15, 0.2) is 16.5 Å². The van der Waals surface area contributed by atoms with E-state index in [0.717, 1.165) is 12.2 Å². The first kappa shape index (κ1) is 11.2. The summed E-state index contributed by atoms with van der Waals surface area (Å²) in [6.45, 7) is 4.11. The van der Waals surface area contributed by atoms with Gasteiger partial charge in [0.2, 0.25) is 0 Å². The van der Waals surface area contributed by atoms with Crippen LogP contribution in [0, 0.1) is 0 Å². The lowest BCUT2D eigenvalue weighted by molar-refractivity contribution is -0.142. The van der Waals surface area contributed by atoms with Gasteiger partial charge in [-0.2, -0.15) is 12.6 Å². The Balaban J connectivity index is 2.68. The molecule has 0 radical (unpaired) electrons. The van der Waals surface area contributed by atoms with Gasteiger partial charge in [-0.1, -0.05) is 6.92 Å². The Kier molecular flexibility index (Phi) is 4.07. The quantitative estimate of drug-likeness (QED) is 0.618. The van der Waals surface area contributed by atoms with E-state index in [1.54, 1.807) is 13.0 Å². The summed E-state index contributed by atoms with van der Waals surface area (Å²) in [6, 6.07) is 3.60. The highest BCUT2D eigenvalue weighted by Gasteiger charge is 2.20. The summed E-state index contributed by atoms with van der Waals surface area (Å²) in [5, 5.41) is -0.616. The van der Waals surface area contributed by atoms with Crippen LogP contribution in [0.2, 0.25) is 0 Å². The summed E-state index contributed by atoms with van der Waals surface area (Å²) in [6.07, 6.45) is 0.809. The van der Waals surface area contributed by atoms with Gasteiger partial charge in [0, 0.05) is 6.42 Å². The van der Waals surface area contributed by atoms with Crippen molar-refractivity contribution in [3.8, 4) is 0 Å². The minimum atomic E-state index is -0.616. The van der Waals surface area contributed by atoms with Gasteiger partial charge in [-0.15, -0.1) is 0 Å². The Morgan fingerprint density at radius 1 is 1.57 bits per heavy atom. The normalized spacial score (nSPS) is 12.5. The lowest BCUT2D eigenvalue weighted by atomic mass is 10.3. The van der Waals surface area contributed by atoms with Crippen LogP contribution in [-0.4, -0.2) is 12.6 Å². The molecular weight excluding hydrogens is 200 g/mol. The number of esters is 1. The van der Waals surface area contributed by atoms with Crippen molar-refractivity contribution in [3.05, 3.63) is 23.7 Å². The Morgan fingerprint density at radius 2 is 2.29 bits per heavy atom. The van der Waals surface area contributed by atoms with Crippen LogP contribution < -0.4 is 0 Å². The molecule has 0 spiro atoms. The van der Waals surface area contributed by atoms with Crippen molar-refractivity contribution < 1.29 is 13.9 Å². The molecule has 0 fully saturated rings. The number of aryl methyl sites for hydroxylation is 1. The number of carbonyl (C=O) groups excluding carboxylic acids is 1. The van der Waals surface area contributed by atoms with E-state index in [1.807, 2.05) is 13.0 Å². The van der Waals surface area contributed by atoms with E-state index in [2.05, 4.69) is 12.6 Å². The molecule has 0 aliphatic rings. The molecule has 78 valence electrons. The van der Waals surface area contributed by atoms with Crippen molar-refractivity contribution in [2.24, 2.45) is 0 Å². The van der Waals surface area contributed by atoms with Crippen LogP contribution in [0.1, 0.15) is 30.6 Å². The molecule has 0 saturated carbocycles. The molecule has 3 nitrogen and oxygen atoms in total. The lowest BCUT2D eigenvalue weighted by Crippen LogP contribution is -2.10. The van der Waals surface area contributed by atoms with E-state index < -0.39 is 5.25 Å². The Morgan fingerprint density at radius 3 is 2.79 bits per heavy atom. The van der Waals surface area contributed by atoms with Crippen LogP contribution in [0.5, 0.6) is 0 Å². The second-order valence-corrected chi connectivity index (χ2v) is 3.33. The Bertz CT molecular complexity index is 306. The van der Waals surface area contributed by atoms with Crippen LogP contribution in [-0.2, 0) is 16.0 Å². The molecule has 1 aromatic rings. The third kappa shape index (κ3) is 2.54. The van der Waals surface area contributed by atoms with Gasteiger partial charge < -0.3 is 9.15 Å². The number of carbonyl (C=O) groups is 1. The molecule has 1 aromatic heterocycles. The molecule has 4 heteroatoms. The molecule has 0 amide bonds. The predicted molar refractivity (Wildman–Crippen MR) is 56.4 cm³/mol. The lowest BCUT2D eigenvalue weighted by Gasteiger charge is -2.06. The summed E-state index contributed by atoms with van der Waals surface area (Å²) in [4.78, 5) is 11.3. The first-order chi connectivity index (χ1) is 6.69. The van der Waals surface area contributed by atoms with Gasteiger partial charge in [0.05, 0.1) is 6.61 Å².